The first-order chi connectivity index (χ1) is 9.18. The molecule has 0 aliphatic carbocycles. The molecule has 1 aliphatic heterocycles. The molecule has 1 amide bonds. The maximum Gasteiger partial charge on any atom is 0.445 e. The molecule has 19 heavy (non-hydrogen) atoms. The molecule has 2 aromatic rings. The fourth-order valence-corrected chi connectivity index (χ4v) is 2.19. The van der Waals surface area contributed by atoms with Gasteiger partial charge in [-0.2, -0.15) is 0 Å². The number of amides is 1. The summed E-state index contributed by atoms with van der Waals surface area (Å²) in [7, 11) is 0. The number of para-hydroxylation sites is 1. The average molecular weight is 253 g/mol. The van der Waals surface area contributed by atoms with Crippen molar-refractivity contribution in [3.05, 3.63) is 60.7 Å². The summed E-state index contributed by atoms with van der Waals surface area (Å²) < 4.78 is 0. The zero-order chi connectivity index (χ0) is 13.4. The summed E-state index contributed by atoms with van der Waals surface area (Å²) in [5.74, 6) is 0.314. The lowest BCUT2D eigenvalue weighted by Crippen LogP contribution is -2.28. The van der Waals surface area contributed by atoms with Crippen LogP contribution in [0.4, 0.5) is 10.5 Å². The first kappa shape index (κ1) is 11.3. The highest BCUT2D eigenvalue weighted by atomic mass is 16.7. The molecule has 4 nitrogen and oxygen atoms in total. The Morgan fingerprint density at radius 2 is 1.58 bits per heavy atom. The van der Waals surface area contributed by atoms with Crippen LogP contribution in [0.25, 0.3) is 16.9 Å². The number of fused-ring (bicyclic) bond motifs is 3. The van der Waals surface area contributed by atoms with Gasteiger partial charge in [0.25, 0.3) is 0 Å². The molecule has 2 aromatic carbocycles. The molecule has 4 heteroatoms. The SMILES string of the molecule is C=C1ON(C(=O)O)c2ccccc2-c2ccccc21. The van der Waals surface area contributed by atoms with Gasteiger partial charge < -0.3 is 9.94 Å². The molecule has 0 spiro atoms. The lowest BCUT2D eigenvalue weighted by Gasteiger charge is -2.18. The molecule has 1 aliphatic rings. The van der Waals surface area contributed by atoms with Gasteiger partial charge in [-0.15, -0.1) is 5.06 Å². The van der Waals surface area contributed by atoms with Crippen LogP contribution < -0.4 is 5.06 Å². The second-order valence-electron chi connectivity index (χ2n) is 4.15. The summed E-state index contributed by atoms with van der Waals surface area (Å²) >= 11 is 0. The van der Waals surface area contributed by atoms with Crippen LogP contribution in [0.15, 0.2) is 55.1 Å². The number of carboxylic acid groups (broad SMARTS) is 1. The topological polar surface area (TPSA) is 49.8 Å². The zero-order valence-electron chi connectivity index (χ0n) is 10.0. The first-order valence-electron chi connectivity index (χ1n) is 5.77. The lowest BCUT2D eigenvalue weighted by atomic mass is 9.98. The second kappa shape index (κ2) is 4.17. The quantitative estimate of drug-likeness (QED) is 0.777. The molecule has 0 saturated heterocycles. The largest absolute Gasteiger partial charge is 0.463 e. The third kappa shape index (κ3) is 1.74. The second-order valence-corrected chi connectivity index (χ2v) is 4.15. The standard InChI is InChI=1S/C15H11NO3/c1-10-11-6-2-3-7-12(11)13-8-4-5-9-14(13)16(19-10)15(17)18/h2-9H,1H2,(H,17,18). The Balaban J connectivity index is 2.31. The summed E-state index contributed by atoms with van der Waals surface area (Å²) in [6, 6.07) is 14.8. The minimum Gasteiger partial charge on any atom is -0.463 e. The average Bonchev–Trinajstić information content (AvgIpc) is 2.56. The van der Waals surface area contributed by atoms with Crippen molar-refractivity contribution in [1.82, 2.24) is 0 Å². The Labute approximate surface area is 110 Å². The molecule has 0 radical (unpaired) electrons. The van der Waals surface area contributed by atoms with Gasteiger partial charge in [-0.05, 0) is 11.6 Å². The predicted molar refractivity (Wildman–Crippen MR) is 72.5 cm³/mol. The van der Waals surface area contributed by atoms with E-state index in [9.17, 15) is 9.90 Å². The van der Waals surface area contributed by atoms with Gasteiger partial charge >= 0.3 is 6.09 Å². The van der Waals surface area contributed by atoms with Gasteiger partial charge in [0.1, 0.15) is 0 Å². The van der Waals surface area contributed by atoms with Gasteiger partial charge in [0.05, 0.1) is 5.69 Å². The Hall–Kier alpha value is -2.75. The van der Waals surface area contributed by atoms with Crippen LogP contribution in [0.2, 0.25) is 0 Å². The molecular formula is C15H11NO3. The third-order valence-corrected chi connectivity index (χ3v) is 3.02. The van der Waals surface area contributed by atoms with Crippen molar-refractivity contribution in [1.29, 1.82) is 0 Å². The van der Waals surface area contributed by atoms with Gasteiger partial charge in [0.2, 0.25) is 0 Å². The van der Waals surface area contributed by atoms with Gasteiger partial charge in [-0.1, -0.05) is 49.0 Å². The number of carbonyl (C=O) groups is 1. The van der Waals surface area contributed by atoms with Crippen LogP contribution in [-0.4, -0.2) is 11.2 Å². The Bertz CT molecular complexity index is 679. The maximum absolute atomic E-state index is 11.3. The maximum atomic E-state index is 11.3. The molecule has 3 rings (SSSR count). The minimum absolute atomic E-state index is 0.314. The predicted octanol–water partition coefficient (Wildman–Crippen LogP) is 3.75. The van der Waals surface area contributed by atoms with E-state index in [2.05, 4.69) is 6.58 Å². The third-order valence-electron chi connectivity index (χ3n) is 3.02. The fourth-order valence-electron chi connectivity index (χ4n) is 2.19. The summed E-state index contributed by atoms with van der Waals surface area (Å²) in [5, 5.41) is 10.1. The molecule has 0 saturated carbocycles. The van der Waals surface area contributed by atoms with Crippen molar-refractivity contribution in [3.8, 4) is 11.1 Å². The lowest BCUT2D eigenvalue weighted by molar-refractivity contribution is 0.159. The molecule has 1 heterocycles. The number of hydrogen-bond acceptors (Lipinski definition) is 2. The van der Waals surface area contributed by atoms with E-state index in [-0.39, 0.29) is 0 Å². The number of rotatable bonds is 0. The number of nitrogens with zero attached hydrogens (tertiary/aromatic N) is 1. The highest BCUT2D eigenvalue weighted by Crippen LogP contribution is 2.39. The molecule has 1 N–H and O–H groups in total. The van der Waals surface area contributed by atoms with Crippen LogP contribution in [0.3, 0.4) is 0 Å². The van der Waals surface area contributed by atoms with E-state index < -0.39 is 6.09 Å². The van der Waals surface area contributed by atoms with Gasteiger partial charge in [0, 0.05) is 11.1 Å². The van der Waals surface area contributed by atoms with E-state index in [1.165, 1.54) is 0 Å². The van der Waals surface area contributed by atoms with Gasteiger partial charge in [0.15, 0.2) is 5.76 Å². The van der Waals surface area contributed by atoms with Crippen molar-refractivity contribution in [3.63, 3.8) is 0 Å². The monoisotopic (exact) mass is 253 g/mol. The smallest absolute Gasteiger partial charge is 0.445 e. The zero-order valence-corrected chi connectivity index (χ0v) is 10.0. The molecule has 0 bridgehead atoms. The Morgan fingerprint density at radius 1 is 1.00 bits per heavy atom. The van der Waals surface area contributed by atoms with Gasteiger partial charge in [-0.25, -0.2) is 4.79 Å². The number of hydrogen-bond donors (Lipinski definition) is 1. The molecule has 0 atom stereocenters. The molecular weight excluding hydrogens is 242 g/mol. The molecule has 0 unspecified atom stereocenters. The van der Waals surface area contributed by atoms with Crippen LogP contribution >= 0.6 is 0 Å². The van der Waals surface area contributed by atoms with Crippen LogP contribution in [0, 0.1) is 0 Å². The fraction of sp³-hybridized carbons (Fsp3) is 0. The van der Waals surface area contributed by atoms with E-state index >= 15 is 0 Å². The van der Waals surface area contributed by atoms with E-state index in [0.717, 1.165) is 21.8 Å². The number of anilines is 1. The Morgan fingerprint density at radius 3 is 2.26 bits per heavy atom. The summed E-state index contributed by atoms with van der Waals surface area (Å²) in [6.45, 7) is 3.80. The van der Waals surface area contributed by atoms with E-state index in [0.29, 0.717) is 11.4 Å². The number of benzene rings is 2. The molecule has 0 aromatic heterocycles. The van der Waals surface area contributed by atoms with Crippen molar-refractivity contribution < 1.29 is 14.7 Å². The summed E-state index contributed by atoms with van der Waals surface area (Å²) in [4.78, 5) is 16.7. The highest BCUT2D eigenvalue weighted by Gasteiger charge is 2.26. The van der Waals surface area contributed by atoms with Crippen molar-refractivity contribution in [2.24, 2.45) is 0 Å². The molecule has 0 fully saturated rings. The van der Waals surface area contributed by atoms with Crippen LogP contribution in [0.1, 0.15) is 5.56 Å². The normalized spacial score (nSPS) is 13.1. The Kier molecular flexibility index (Phi) is 2.49. The molecule has 94 valence electrons. The van der Waals surface area contributed by atoms with E-state index in [1.54, 1.807) is 12.1 Å². The highest BCUT2D eigenvalue weighted by molar-refractivity contribution is 5.96. The van der Waals surface area contributed by atoms with Crippen LogP contribution in [-0.2, 0) is 4.84 Å². The van der Waals surface area contributed by atoms with Crippen molar-refractivity contribution >= 4 is 17.5 Å². The first-order valence-corrected chi connectivity index (χ1v) is 5.77. The van der Waals surface area contributed by atoms with Crippen LogP contribution in [0.5, 0.6) is 0 Å². The van der Waals surface area contributed by atoms with E-state index in [4.69, 9.17) is 4.84 Å². The van der Waals surface area contributed by atoms with E-state index in [1.807, 2.05) is 36.4 Å². The number of hydroxylamine groups is 1. The van der Waals surface area contributed by atoms with Gasteiger partial charge in [-0.3, -0.25) is 0 Å². The van der Waals surface area contributed by atoms with Crippen molar-refractivity contribution in [2.75, 3.05) is 5.06 Å². The van der Waals surface area contributed by atoms with Crippen molar-refractivity contribution in [2.45, 2.75) is 0 Å². The summed E-state index contributed by atoms with van der Waals surface area (Å²) in [6.07, 6.45) is -1.18. The minimum atomic E-state index is -1.18. The summed E-state index contributed by atoms with van der Waals surface area (Å²) in [5.41, 5.74) is 2.99.